The van der Waals surface area contributed by atoms with Gasteiger partial charge in [-0.25, -0.2) is 4.79 Å². The SMILES string of the molecule is CCc1ccc(NC(=O)[C@@H](C)OC(=O)/C=C/c2ccc(O)c(OC)c2)cc1. The van der Waals surface area contributed by atoms with Crippen LogP contribution in [0.4, 0.5) is 5.69 Å². The monoisotopic (exact) mass is 369 g/mol. The van der Waals surface area contributed by atoms with Gasteiger partial charge >= 0.3 is 5.97 Å². The van der Waals surface area contributed by atoms with Crippen LogP contribution in [0.3, 0.4) is 0 Å². The number of hydrogen-bond donors (Lipinski definition) is 2. The Morgan fingerprint density at radius 1 is 1.19 bits per heavy atom. The molecular weight excluding hydrogens is 346 g/mol. The summed E-state index contributed by atoms with van der Waals surface area (Å²) in [5, 5.41) is 12.3. The molecule has 2 aromatic rings. The van der Waals surface area contributed by atoms with E-state index in [4.69, 9.17) is 9.47 Å². The first-order valence-corrected chi connectivity index (χ1v) is 8.58. The smallest absolute Gasteiger partial charge is 0.331 e. The first kappa shape index (κ1) is 20.0. The fraction of sp³-hybridized carbons (Fsp3) is 0.238. The highest BCUT2D eigenvalue weighted by Crippen LogP contribution is 2.26. The number of methoxy groups -OCH3 is 1. The number of benzene rings is 2. The van der Waals surface area contributed by atoms with Gasteiger partial charge in [0.05, 0.1) is 7.11 Å². The molecule has 0 saturated heterocycles. The lowest BCUT2D eigenvalue weighted by Gasteiger charge is -2.12. The third-order valence-electron chi connectivity index (χ3n) is 3.91. The summed E-state index contributed by atoms with van der Waals surface area (Å²) in [5.74, 6) is -0.750. The van der Waals surface area contributed by atoms with Gasteiger partial charge in [-0.05, 0) is 54.8 Å². The van der Waals surface area contributed by atoms with E-state index in [1.54, 1.807) is 12.1 Å². The number of phenolic OH excluding ortho intramolecular Hbond substituents is 1. The van der Waals surface area contributed by atoms with Gasteiger partial charge in [-0.3, -0.25) is 4.79 Å². The lowest BCUT2D eigenvalue weighted by Crippen LogP contribution is -2.29. The molecule has 6 heteroatoms. The number of nitrogens with one attached hydrogen (secondary N) is 1. The van der Waals surface area contributed by atoms with Crippen LogP contribution in [0.1, 0.15) is 25.0 Å². The maximum Gasteiger partial charge on any atom is 0.331 e. The lowest BCUT2D eigenvalue weighted by molar-refractivity contribution is -0.148. The number of amides is 1. The van der Waals surface area contributed by atoms with Gasteiger partial charge in [-0.15, -0.1) is 0 Å². The van der Waals surface area contributed by atoms with Gasteiger partial charge in [0.15, 0.2) is 17.6 Å². The molecule has 1 atom stereocenters. The molecular formula is C21H23NO5. The van der Waals surface area contributed by atoms with E-state index in [2.05, 4.69) is 12.2 Å². The molecule has 0 spiro atoms. The van der Waals surface area contributed by atoms with Gasteiger partial charge in [0.2, 0.25) is 0 Å². The Labute approximate surface area is 158 Å². The summed E-state index contributed by atoms with van der Waals surface area (Å²) < 4.78 is 10.1. The zero-order valence-electron chi connectivity index (χ0n) is 15.6. The van der Waals surface area contributed by atoms with Crippen LogP contribution < -0.4 is 10.1 Å². The molecule has 0 aliphatic rings. The first-order chi connectivity index (χ1) is 12.9. The van der Waals surface area contributed by atoms with Crippen molar-refractivity contribution in [1.29, 1.82) is 0 Å². The molecule has 1 amide bonds. The number of esters is 1. The molecule has 2 N–H and O–H groups in total. The van der Waals surface area contributed by atoms with Crippen LogP contribution in [0.2, 0.25) is 0 Å². The van der Waals surface area contributed by atoms with Crippen molar-refractivity contribution in [2.75, 3.05) is 12.4 Å². The van der Waals surface area contributed by atoms with Gasteiger partial charge in [0, 0.05) is 11.8 Å². The van der Waals surface area contributed by atoms with E-state index in [-0.39, 0.29) is 5.75 Å². The van der Waals surface area contributed by atoms with Crippen LogP contribution in [-0.4, -0.2) is 30.2 Å². The van der Waals surface area contributed by atoms with Crippen LogP contribution in [0.15, 0.2) is 48.5 Å². The van der Waals surface area contributed by atoms with Crippen molar-refractivity contribution in [1.82, 2.24) is 0 Å². The Balaban J connectivity index is 1.90. The Morgan fingerprint density at radius 3 is 2.52 bits per heavy atom. The second-order valence-corrected chi connectivity index (χ2v) is 5.88. The number of carbonyl (C=O) groups is 2. The van der Waals surface area contributed by atoms with E-state index < -0.39 is 18.0 Å². The summed E-state index contributed by atoms with van der Waals surface area (Å²) in [5.41, 5.74) is 2.46. The normalized spacial score (nSPS) is 11.8. The fourth-order valence-corrected chi connectivity index (χ4v) is 2.30. The molecule has 0 bridgehead atoms. The van der Waals surface area contributed by atoms with E-state index in [1.807, 2.05) is 24.3 Å². The largest absolute Gasteiger partial charge is 0.504 e. The van der Waals surface area contributed by atoms with E-state index >= 15 is 0 Å². The van der Waals surface area contributed by atoms with E-state index in [9.17, 15) is 14.7 Å². The van der Waals surface area contributed by atoms with Crippen LogP contribution in [0, 0.1) is 0 Å². The lowest BCUT2D eigenvalue weighted by atomic mass is 10.1. The third kappa shape index (κ3) is 5.88. The zero-order valence-corrected chi connectivity index (χ0v) is 15.6. The van der Waals surface area contributed by atoms with Crippen molar-refractivity contribution in [2.24, 2.45) is 0 Å². The van der Waals surface area contributed by atoms with Gasteiger partial charge < -0.3 is 19.9 Å². The number of hydrogen-bond acceptors (Lipinski definition) is 5. The number of aryl methyl sites for hydroxylation is 1. The predicted molar refractivity (Wildman–Crippen MR) is 104 cm³/mol. The van der Waals surface area contributed by atoms with E-state index in [1.165, 1.54) is 37.8 Å². The van der Waals surface area contributed by atoms with Crippen molar-refractivity contribution in [3.63, 3.8) is 0 Å². The van der Waals surface area contributed by atoms with Gasteiger partial charge in [0.25, 0.3) is 5.91 Å². The Bertz CT molecular complexity index is 827. The van der Waals surface area contributed by atoms with Gasteiger partial charge in [-0.2, -0.15) is 0 Å². The molecule has 27 heavy (non-hydrogen) atoms. The first-order valence-electron chi connectivity index (χ1n) is 8.58. The number of carbonyl (C=O) groups excluding carboxylic acids is 2. The molecule has 142 valence electrons. The average Bonchev–Trinajstić information content (AvgIpc) is 2.67. The van der Waals surface area contributed by atoms with E-state index in [0.717, 1.165) is 6.42 Å². The van der Waals surface area contributed by atoms with E-state index in [0.29, 0.717) is 17.0 Å². The van der Waals surface area contributed by atoms with Crippen molar-refractivity contribution >= 4 is 23.6 Å². The quantitative estimate of drug-likeness (QED) is 0.576. The minimum Gasteiger partial charge on any atom is -0.504 e. The van der Waals surface area contributed by atoms with Gasteiger partial charge in [0.1, 0.15) is 0 Å². The topological polar surface area (TPSA) is 84.9 Å². The maximum absolute atomic E-state index is 12.1. The number of anilines is 1. The van der Waals surface area contributed by atoms with Crippen LogP contribution in [-0.2, 0) is 20.7 Å². The number of phenols is 1. The molecule has 2 rings (SSSR count). The highest BCUT2D eigenvalue weighted by atomic mass is 16.5. The minimum absolute atomic E-state index is 0.00879. The second kappa shape index (κ2) is 9.43. The molecule has 2 aromatic carbocycles. The molecule has 0 aliphatic carbocycles. The molecule has 0 saturated carbocycles. The molecule has 0 radical (unpaired) electrons. The maximum atomic E-state index is 12.1. The summed E-state index contributed by atoms with van der Waals surface area (Å²) in [4.78, 5) is 24.1. The minimum atomic E-state index is -0.942. The Morgan fingerprint density at radius 2 is 1.89 bits per heavy atom. The van der Waals surface area contributed by atoms with Crippen molar-refractivity contribution in [3.05, 3.63) is 59.7 Å². The number of aromatic hydroxyl groups is 1. The molecule has 0 unspecified atom stereocenters. The summed E-state index contributed by atoms with van der Waals surface area (Å²) in [6, 6.07) is 12.1. The van der Waals surface area contributed by atoms with Crippen molar-refractivity contribution < 1.29 is 24.2 Å². The van der Waals surface area contributed by atoms with Crippen LogP contribution >= 0.6 is 0 Å². The highest BCUT2D eigenvalue weighted by molar-refractivity contribution is 5.96. The molecule has 0 aliphatic heterocycles. The molecule has 0 aromatic heterocycles. The highest BCUT2D eigenvalue weighted by Gasteiger charge is 2.16. The summed E-state index contributed by atoms with van der Waals surface area (Å²) >= 11 is 0. The average molecular weight is 369 g/mol. The summed E-state index contributed by atoms with van der Waals surface area (Å²) in [6.45, 7) is 3.56. The summed E-state index contributed by atoms with van der Waals surface area (Å²) in [7, 11) is 1.44. The Kier molecular flexibility index (Phi) is 7.00. The number of ether oxygens (including phenoxy) is 2. The fourth-order valence-electron chi connectivity index (χ4n) is 2.30. The molecule has 0 fully saturated rings. The van der Waals surface area contributed by atoms with Crippen LogP contribution in [0.25, 0.3) is 6.08 Å². The predicted octanol–water partition coefficient (Wildman–Crippen LogP) is 3.55. The van der Waals surface area contributed by atoms with Crippen molar-refractivity contribution in [3.8, 4) is 11.5 Å². The van der Waals surface area contributed by atoms with Crippen molar-refractivity contribution in [2.45, 2.75) is 26.4 Å². The van der Waals surface area contributed by atoms with Crippen LogP contribution in [0.5, 0.6) is 11.5 Å². The third-order valence-corrected chi connectivity index (χ3v) is 3.91. The summed E-state index contributed by atoms with van der Waals surface area (Å²) in [6.07, 6.45) is 2.70. The van der Waals surface area contributed by atoms with Gasteiger partial charge in [-0.1, -0.05) is 25.1 Å². The molecule has 0 heterocycles. The molecule has 6 nitrogen and oxygen atoms in total. The zero-order chi connectivity index (χ0) is 19.8. The Hall–Kier alpha value is -3.28. The number of rotatable bonds is 7. The standard InChI is InChI=1S/C21H23NO5/c1-4-15-5-9-17(10-6-15)22-21(25)14(2)27-20(24)12-8-16-7-11-18(23)19(13-16)26-3/h5-14,23H,4H2,1-3H3,(H,22,25)/b12-8+/t14-/m1/s1. The second-order valence-electron chi connectivity index (χ2n) is 5.88.